The SMILES string of the molecule is CC(OC(=O)CNC(=O)C12CC3CC(CC(C3)C1)C2)C(=O)Nc1ccccc1-c1ccccc1. The second kappa shape index (κ2) is 9.24. The van der Waals surface area contributed by atoms with E-state index in [0.29, 0.717) is 23.4 Å². The summed E-state index contributed by atoms with van der Waals surface area (Å²) in [4.78, 5) is 38.2. The van der Waals surface area contributed by atoms with Gasteiger partial charge in [0.15, 0.2) is 6.10 Å². The van der Waals surface area contributed by atoms with E-state index < -0.39 is 18.0 Å². The summed E-state index contributed by atoms with van der Waals surface area (Å²) in [6, 6.07) is 17.3. The molecule has 4 aliphatic rings. The highest BCUT2D eigenvalue weighted by atomic mass is 16.5. The highest BCUT2D eigenvalue weighted by Crippen LogP contribution is 2.60. The molecule has 34 heavy (non-hydrogen) atoms. The van der Waals surface area contributed by atoms with Crippen LogP contribution in [0.15, 0.2) is 54.6 Å². The number of rotatable bonds is 7. The summed E-state index contributed by atoms with van der Waals surface area (Å²) in [5.41, 5.74) is 2.21. The number of benzene rings is 2. The molecule has 4 saturated carbocycles. The first-order valence-corrected chi connectivity index (χ1v) is 12.3. The molecule has 0 aliphatic heterocycles. The molecule has 6 heteroatoms. The number of hydrogen-bond acceptors (Lipinski definition) is 4. The minimum atomic E-state index is -0.979. The lowest BCUT2D eigenvalue weighted by atomic mass is 9.49. The second-order valence-corrected chi connectivity index (χ2v) is 10.4. The summed E-state index contributed by atoms with van der Waals surface area (Å²) in [5, 5.41) is 5.68. The Labute approximate surface area is 200 Å². The molecule has 178 valence electrons. The lowest BCUT2D eigenvalue weighted by molar-refractivity contribution is -0.155. The van der Waals surface area contributed by atoms with Gasteiger partial charge in [-0.3, -0.25) is 14.4 Å². The number of esters is 1. The molecule has 0 aromatic heterocycles. The summed E-state index contributed by atoms with van der Waals surface area (Å²) >= 11 is 0. The summed E-state index contributed by atoms with van der Waals surface area (Å²) in [6.07, 6.45) is 5.63. The van der Waals surface area contributed by atoms with Crippen LogP contribution in [0, 0.1) is 23.2 Å². The Morgan fingerprint density at radius 2 is 1.50 bits per heavy atom. The summed E-state index contributed by atoms with van der Waals surface area (Å²) in [7, 11) is 0. The minimum Gasteiger partial charge on any atom is -0.451 e. The van der Waals surface area contributed by atoms with Crippen LogP contribution in [0.25, 0.3) is 11.1 Å². The lowest BCUT2D eigenvalue weighted by Crippen LogP contribution is -2.54. The Bertz CT molecular complexity index is 1050. The molecule has 2 N–H and O–H groups in total. The Morgan fingerprint density at radius 3 is 2.15 bits per heavy atom. The minimum absolute atomic E-state index is 0.0163. The quantitative estimate of drug-likeness (QED) is 0.594. The van der Waals surface area contributed by atoms with E-state index in [1.807, 2.05) is 54.6 Å². The maximum atomic E-state index is 13.0. The zero-order chi connectivity index (χ0) is 23.7. The van der Waals surface area contributed by atoms with E-state index in [9.17, 15) is 14.4 Å². The van der Waals surface area contributed by atoms with Gasteiger partial charge in [-0.25, -0.2) is 0 Å². The van der Waals surface area contributed by atoms with Crippen LogP contribution in [0.3, 0.4) is 0 Å². The number of amides is 2. The molecule has 0 saturated heterocycles. The molecule has 6 nitrogen and oxygen atoms in total. The predicted octanol–water partition coefficient (Wildman–Crippen LogP) is 4.56. The standard InChI is InChI=1S/C28H32N2O4/c1-18(26(32)30-24-10-6-5-9-23(24)22-7-3-2-4-8-22)34-25(31)17-29-27(33)28-14-19-11-20(15-28)13-21(12-19)16-28/h2-10,18-21H,11-17H2,1H3,(H,29,33)(H,30,32). The van der Waals surface area contributed by atoms with Gasteiger partial charge in [-0.05, 0) is 74.8 Å². The highest BCUT2D eigenvalue weighted by molar-refractivity contribution is 5.98. The van der Waals surface area contributed by atoms with Crippen molar-refractivity contribution in [3.8, 4) is 11.1 Å². The molecule has 0 heterocycles. The zero-order valence-corrected chi connectivity index (χ0v) is 19.6. The Hall–Kier alpha value is -3.15. The van der Waals surface area contributed by atoms with Gasteiger partial charge in [-0.2, -0.15) is 0 Å². The molecule has 6 rings (SSSR count). The maximum absolute atomic E-state index is 13.0. The molecule has 1 atom stereocenters. The van der Waals surface area contributed by atoms with E-state index in [0.717, 1.165) is 30.4 Å². The number of carbonyl (C=O) groups excluding carboxylic acids is 3. The van der Waals surface area contributed by atoms with Gasteiger partial charge in [0.1, 0.15) is 6.54 Å². The fourth-order valence-electron chi connectivity index (χ4n) is 6.72. The zero-order valence-electron chi connectivity index (χ0n) is 19.6. The largest absolute Gasteiger partial charge is 0.451 e. The second-order valence-electron chi connectivity index (χ2n) is 10.4. The number of hydrogen-bond donors (Lipinski definition) is 2. The van der Waals surface area contributed by atoms with Crippen LogP contribution >= 0.6 is 0 Å². The number of nitrogens with one attached hydrogen (secondary N) is 2. The van der Waals surface area contributed by atoms with Crippen LogP contribution in [0.5, 0.6) is 0 Å². The van der Waals surface area contributed by atoms with Crippen LogP contribution < -0.4 is 10.6 Å². The van der Waals surface area contributed by atoms with Gasteiger partial charge < -0.3 is 15.4 Å². The first-order chi connectivity index (χ1) is 16.4. The monoisotopic (exact) mass is 460 g/mol. The smallest absolute Gasteiger partial charge is 0.326 e. The first kappa shape index (κ1) is 22.6. The van der Waals surface area contributed by atoms with Gasteiger partial charge in [-0.15, -0.1) is 0 Å². The van der Waals surface area contributed by atoms with Crippen molar-refractivity contribution in [2.75, 3.05) is 11.9 Å². The van der Waals surface area contributed by atoms with Crippen LogP contribution in [-0.4, -0.2) is 30.4 Å². The molecule has 4 aliphatic carbocycles. The Morgan fingerprint density at radius 1 is 0.912 bits per heavy atom. The number of anilines is 1. The molecule has 2 amide bonds. The van der Waals surface area contributed by atoms with E-state index in [-0.39, 0.29) is 17.9 Å². The summed E-state index contributed by atoms with van der Waals surface area (Å²) in [5.74, 6) is 0.947. The average molecular weight is 461 g/mol. The van der Waals surface area contributed by atoms with E-state index in [1.54, 1.807) is 6.92 Å². The van der Waals surface area contributed by atoms with E-state index >= 15 is 0 Å². The molecular formula is C28H32N2O4. The number of ether oxygens (including phenoxy) is 1. The third-order valence-corrected chi connectivity index (χ3v) is 7.86. The van der Waals surface area contributed by atoms with Crippen LogP contribution in [0.2, 0.25) is 0 Å². The van der Waals surface area contributed by atoms with E-state index in [1.165, 1.54) is 19.3 Å². The fourth-order valence-corrected chi connectivity index (χ4v) is 6.72. The maximum Gasteiger partial charge on any atom is 0.326 e. The van der Waals surface area contributed by atoms with Crippen molar-refractivity contribution < 1.29 is 19.1 Å². The molecule has 0 radical (unpaired) electrons. The third-order valence-electron chi connectivity index (χ3n) is 7.86. The third kappa shape index (κ3) is 4.59. The normalized spacial score (nSPS) is 27.6. The fraction of sp³-hybridized carbons (Fsp3) is 0.464. The van der Waals surface area contributed by atoms with Crippen molar-refractivity contribution in [2.45, 2.75) is 51.6 Å². The molecule has 2 aromatic carbocycles. The van der Waals surface area contributed by atoms with Gasteiger partial charge in [-0.1, -0.05) is 48.5 Å². The topological polar surface area (TPSA) is 84.5 Å². The molecule has 4 fully saturated rings. The summed E-state index contributed by atoms with van der Waals surface area (Å²) in [6.45, 7) is 1.33. The average Bonchev–Trinajstić information content (AvgIpc) is 2.82. The van der Waals surface area contributed by atoms with Crippen LogP contribution in [-0.2, 0) is 19.1 Å². The van der Waals surface area contributed by atoms with Crippen molar-refractivity contribution in [1.82, 2.24) is 5.32 Å². The molecule has 4 bridgehead atoms. The lowest BCUT2D eigenvalue weighted by Gasteiger charge is -2.55. The summed E-state index contributed by atoms with van der Waals surface area (Å²) < 4.78 is 5.33. The van der Waals surface area contributed by atoms with Gasteiger partial charge >= 0.3 is 5.97 Å². The van der Waals surface area contributed by atoms with Crippen molar-refractivity contribution >= 4 is 23.5 Å². The number of carbonyl (C=O) groups is 3. The predicted molar refractivity (Wildman–Crippen MR) is 130 cm³/mol. The molecular weight excluding hydrogens is 428 g/mol. The van der Waals surface area contributed by atoms with Gasteiger partial charge in [0.05, 0.1) is 0 Å². The van der Waals surface area contributed by atoms with Gasteiger partial charge in [0.2, 0.25) is 5.91 Å². The van der Waals surface area contributed by atoms with Crippen molar-refractivity contribution in [3.63, 3.8) is 0 Å². The molecule has 2 aromatic rings. The molecule has 0 spiro atoms. The van der Waals surface area contributed by atoms with Crippen molar-refractivity contribution in [3.05, 3.63) is 54.6 Å². The van der Waals surface area contributed by atoms with Crippen molar-refractivity contribution in [1.29, 1.82) is 0 Å². The molecule has 1 unspecified atom stereocenters. The van der Waals surface area contributed by atoms with Crippen molar-refractivity contribution in [2.24, 2.45) is 23.2 Å². The van der Waals surface area contributed by atoms with E-state index in [2.05, 4.69) is 10.6 Å². The Kier molecular flexibility index (Phi) is 6.15. The highest BCUT2D eigenvalue weighted by Gasteiger charge is 2.54. The van der Waals surface area contributed by atoms with Gasteiger partial charge in [0.25, 0.3) is 5.91 Å². The van der Waals surface area contributed by atoms with Gasteiger partial charge in [0, 0.05) is 16.7 Å². The first-order valence-electron chi connectivity index (χ1n) is 12.3. The van der Waals surface area contributed by atoms with Crippen LogP contribution in [0.4, 0.5) is 5.69 Å². The van der Waals surface area contributed by atoms with E-state index in [4.69, 9.17) is 4.74 Å². The van der Waals surface area contributed by atoms with Crippen LogP contribution in [0.1, 0.15) is 45.4 Å². The number of para-hydroxylation sites is 1. The Balaban J connectivity index is 1.14.